The highest BCUT2D eigenvalue weighted by atomic mass is 32.1. The van der Waals surface area contributed by atoms with Gasteiger partial charge < -0.3 is 0 Å². The number of anilines is 1. The number of carbonyl (C=O) groups is 2. The molecule has 0 radical (unpaired) electrons. The Morgan fingerprint density at radius 2 is 1.80 bits per heavy atom. The van der Waals surface area contributed by atoms with Crippen LogP contribution in [0.5, 0.6) is 0 Å². The Bertz CT molecular complexity index is 598. The molecule has 2 aliphatic carbocycles. The first kappa shape index (κ1) is 12.3. The minimum absolute atomic E-state index is 0.0269. The van der Waals surface area contributed by atoms with E-state index in [9.17, 15) is 9.59 Å². The van der Waals surface area contributed by atoms with Gasteiger partial charge in [0.1, 0.15) is 0 Å². The van der Waals surface area contributed by atoms with Crippen molar-refractivity contribution in [3.05, 3.63) is 22.7 Å². The normalized spacial score (nSPS) is 35.1. The summed E-state index contributed by atoms with van der Waals surface area (Å²) in [4.78, 5) is 30.9. The molecule has 1 saturated heterocycles. The molecular weight excluding hydrogens is 272 g/mol. The van der Waals surface area contributed by atoms with Gasteiger partial charge in [0.05, 0.1) is 11.8 Å². The fourth-order valence-corrected chi connectivity index (χ4v) is 5.16. The first-order valence-electron chi connectivity index (χ1n) is 7.06. The van der Waals surface area contributed by atoms with E-state index in [-0.39, 0.29) is 35.5 Å². The molecule has 4 atom stereocenters. The summed E-state index contributed by atoms with van der Waals surface area (Å²) >= 11 is 1.36. The zero-order valence-corrected chi connectivity index (χ0v) is 12.3. The molecule has 1 aliphatic heterocycles. The molecule has 2 heterocycles. The van der Waals surface area contributed by atoms with Gasteiger partial charge in [0.25, 0.3) is 0 Å². The fraction of sp³-hybridized carbons (Fsp3) is 0.533. The SMILES string of the molecule is CC(C)=C1[C@H]2CC[C@H]1[C@H]1C(=O)N(c3nccs3)C(=O)[C@@H]12. The monoisotopic (exact) mass is 288 g/mol. The Kier molecular flexibility index (Phi) is 2.46. The van der Waals surface area contributed by atoms with Gasteiger partial charge in [-0.2, -0.15) is 0 Å². The number of aromatic nitrogens is 1. The van der Waals surface area contributed by atoms with Crippen LogP contribution in [0.2, 0.25) is 0 Å². The molecule has 4 rings (SSSR count). The standard InChI is InChI=1S/C15H16N2O2S/c1-7(2)10-8-3-4-9(10)12-11(8)13(18)17(14(12)19)15-16-5-6-20-15/h5-6,8-9,11-12H,3-4H2,1-2H3/t8-,9-,11-,12-/m1/s1. The number of rotatable bonds is 1. The third-order valence-corrected chi connectivity index (χ3v) is 5.80. The number of allylic oxidation sites excluding steroid dienone is 2. The molecular formula is C15H16N2O2S. The second-order valence-corrected chi connectivity index (χ2v) is 7.00. The van der Waals surface area contributed by atoms with Gasteiger partial charge >= 0.3 is 0 Å². The summed E-state index contributed by atoms with van der Waals surface area (Å²) < 4.78 is 0. The van der Waals surface area contributed by atoms with Crippen LogP contribution >= 0.6 is 11.3 Å². The lowest BCUT2D eigenvalue weighted by atomic mass is 9.81. The van der Waals surface area contributed by atoms with Gasteiger partial charge in [0, 0.05) is 11.6 Å². The van der Waals surface area contributed by atoms with Gasteiger partial charge in [-0.3, -0.25) is 9.59 Å². The fourth-order valence-electron chi connectivity index (χ4n) is 4.51. The van der Waals surface area contributed by atoms with Crippen molar-refractivity contribution in [1.29, 1.82) is 0 Å². The molecule has 3 aliphatic rings. The molecule has 1 aromatic rings. The predicted octanol–water partition coefficient (Wildman–Crippen LogP) is 2.62. The molecule has 5 heteroatoms. The topological polar surface area (TPSA) is 50.3 Å². The van der Waals surface area contributed by atoms with Crippen LogP contribution in [0.1, 0.15) is 26.7 Å². The highest BCUT2D eigenvalue weighted by Gasteiger charge is 2.63. The third kappa shape index (κ3) is 1.34. The molecule has 2 saturated carbocycles. The number of hydrogen-bond donors (Lipinski definition) is 0. The number of thiazole rings is 1. The number of hydrogen-bond acceptors (Lipinski definition) is 4. The summed E-state index contributed by atoms with van der Waals surface area (Å²) in [5, 5.41) is 2.34. The van der Waals surface area contributed by atoms with E-state index in [1.807, 2.05) is 0 Å². The largest absolute Gasteiger partial charge is 0.274 e. The summed E-state index contributed by atoms with van der Waals surface area (Å²) in [5.74, 6) is 0.264. The van der Waals surface area contributed by atoms with Crippen molar-refractivity contribution in [3.63, 3.8) is 0 Å². The lowest BCUT2D eigenvalue weighted by Crippen LogP contribution is -2.33. The average Bonchev–Trinajstić information content (AvgIpc) is 3.13. The van der Waals surface area contributed by atoms with Crippen molar-refractivity contribution in [3.8, 4) is 0 Å². The third-order valence-electron chi connectivity index (χ3n) is 5.04. The van der Waals surface area contributed by atoms with Crippen molar-refractivity contribution in [2.75, 3.05) is 4.90 Å². The van der Waals surface area contributed by atoms with Crippen LogP contribution < -0.4 is 4.90 Å². The number of carbonyl (C=O) groups excluding carboxylic acids is 2. The minimum atomic E-state index is -0.130. The number of amides is 2. The van der Waals surface area contributed by atoms with Crippen molar-refractivity contribution in [2.45, 2.75) is 26.7 Å². The summed E-state index contributed by atoms with van der Waals surface area (Å²) in [6, 6.07) is 0. The Morgan fingerprint density at radius 1 is 1.20 bits per heavy atom. The van der Waals surface area contributed by atoms with Crippen molar-refractivity contribution < 1.29 is 9.59 Å². The quantitative estimate of drug-likeness (QED) is 0.589. The second kappa shape index (κ2) is 4.01. The van der Waals surface area contributed by atoms with E-state index < -0.39 is 0 Å². The van der Waals surface area contributed by atoms with E-state index in [1.165, 1.54) is 27.4 Å². The zero-order valence-electron chi connectivity index (χ0n) is 11.5. The molecule has 20 heavy (non-hydrogen) atoms. The maximum Gasteiger partial charge on any atom is 0.240 e. The summed E-state index contributed by atoms with van der Waals surface area (Å²) in [6.45, 7) is 4.21. The molecule has 104 valence electrons. The van der Waals surface area contributed by atoms with E-state index in [4.69, 9.17) is 0 Å². The van der Waals surface area contributed by atoms with Crippen LogP contribution in [0.15, 0.2) is 22.7 Å². The van der Waals surface area contributed by atoms with Crippen LogP contribution in [-0.2, 0) is 9.59 Å². The molecule has 0 aromatic carbocycles. The highest BCUT2D eigenvalue weighted by Crippen LogP contribution is 2.60. The summed E-state index contributed by atoms with van der Waals surface area (Å²) in [7, 11) is 0. The zero-order chi connectivity index (χ0) is 14.0. The molecule has 1 aromatic heterocycles. The first-order valence-corrected chi connectivity index (χ1v) is 7.93. The Balaban J connectivity index is 1.79. The van der Waals surface area contributed by atoms with Gasteiger partial charge in [0.2, 0.25) is 11.8 Å². The van der Waals surface area contributed by atoms with Gasteiger partial charge in [-0.1, -0.05) is 11.1 Å². The Hall–Kier alpha value is -1.49. The Labute approximate surface area is 121 Å². The number of nitrogens with zero attached hydrogens (tertiary/aromatic N) is 2. The van der Waals surface area contributed by atoms with Crippen LogP contribution in [0.25, 0.3) is 0 Å². The molecule has 2 bridgehead atoms. The van der Waals surface area contributed by atoms with Crippen molar-refractivity contribution in [1.82, 2.24) is 4.98 Å². The first-order chi connectivity index (χ1) is 9.61. The van der Waals surface area contributed by atoms with Crippen molar-refractivity contribution >= 4 is 28.3 Å². The van der Waals surface area contributed by atoms with E-state index in [0.717, 1.165) is 12.8 Å². The smallest absolute Gasteiger partial charge is 0.240 e. The van der Waals surface area contributed by atoms with Crippen LogP contribution in [-0.4, -0.2) is 16.8 Å². The molecule has 2 amide bonds. The second-order valence-electron chi connectivity index (χ2n) is 6.12. The highest BCUT2D eigenvalue weighted by molar-refractivity contribution is 7.14. The van der Waals surface area contributed by atoms with Gasteiger partial charge in [-0.25, -0.2) is 9.88 Å². The van der Waals surface area contributed by atoms with Crippen molar-refractivity contribution in [2.24, 2.45) is 23.7 Å². The number of imide groups is 1. The van der Waals surface area contributed by atoms with Gasteiger partial charge in [-0.15, -0.1) is 11.3 Å². The van der Waals surface area contributed by atoms with Gasteiger partial charge in [0.15, 0.2) is 5.13 Å². The van der Waals surface area contributed by atoms with E-state index >= 15 is 0 Å². The van der Waals surface area contributed by atoms with E-state index in [2.05, 4.69) is 18.8 Å². The van der Waals surface area contributed by atoms with Gasteiger partial charge in [-0.05, 0) is 38.5 Å². The maximum absolute atomic E-state index is 12.7. The number of fused-ring (bicyclic) bond motifs is 5. The summed E-state index contributed by atoms with van der Waals surface area (Å²) in [5.41, 5.74) is 2.69. The minimum Gasteiger partial charge on any atom is -0.274 e. The van der Waals surface area contributed by atoms with Crippen LogP contribution in [0, 0.1) is 23.7 Å². The van der Waals surface area contributed by atoms with E-state index in [0.29, 0.717) is 5.13 Å². The lowest BCUT2D eigenvalue weighted by molar-refractivity contribution is -0.123. The molecule has 0 unspecified atom stereocenters. The molecule has 0 spiro atoms. The van der Waals surface area contributed by atoms with Crippen LogP contribution in [0.4, 0.5) is 5.13 Å². The summed E-state index contributed by atoms with van der Waals surface area (Å²) in [6.07, 6.45) is 3.75. The molecule has 4 nitrogen and oxygen atoms in total. The van der Waals surface area contributed by atoms with E-state index in [1.54, 1.807) is 11.6 Å². The Morgan fingerprint density at radius 3 is 2.25 bits per heavy atom. The lowest BCUT2D eigenvalue weighted by Gasteiger charge is -2.18. The predicted molar refractivity (Wildman–Crippen MR) is 76.2 cm³/mol. The molecule has 0 N–H and O–H groups in total. The maximum atomic E-state index is 12.7. The average molecular weight is 288 g/mol. The molecule has 3 fully saturated rings. The van der Waals surface area contributed by atoms with Crippen LogP contribution in [0.3, 0.4) is 0 Å².